The van der Waals surface area contributed by atoms with Gasteiger partial charge in [-0.2, -0.15) is 0 Å². The summed E-state index contributed by atoms with van der Waals surface area (Å²) < 4.78 is 5.59. The predicted octanol–water partition coefficient (Wildman–Crippen LogP) is 2.01. The summed E-state index contributed by atoms with van der Waals surface area (Å²) in [5.74, 6) is 0.0954. The van der Waals surface area contributed by atoms with E-state index in [0.29, 0.717) is 6.61 Å². The first kappa shape index (κ1) is 19.3. The highest BCUT2D eigenvalue weighted by atomic mass is 32.1. The number of nitrogens with zero attached hydrogens (tertiary/aromatic N) is 3. The third-order valence-electron chi connectivity index (χ3n) is 4.32. The average molecular weight is 355 g/mol. The van der Waals surface area contributed by atoms with Crippen LogP contribution in [0.1, 0.15) is 50.4 Å². The smallest absolute Gasteiger partial charge is 0.239 e. The van der Waals surface area contributed by atoms with Crippen LogP contribution in [0.3, 0.4) is 0 Å². The lowest BCUT2D eigenvalue weighted by Gasteiger charge is -2.35. The average Bonchev–Trinajstić information content (AvgIpc) is 3.04. The van der Waals surface area contributed by atoms with Crippen LogP contribution in [0.25, 0.3) is 0 Å². The highest BCUT2D eigenvalue weighted by Crippen LogP contribution is 2.22. The molecule has 0 spiro atoms. The van der Waals surface area contributed by atoms with Gasteiger partial charge in [0.05, 0.1) is 11.7 Å². The van der Waals surface area contributed by atoms with Crippen molar-refractivity contribution in [3.05, 3.63) is 16.1 Å². The summed E-state index contributed by atoms with van der Waals surface area (Å²) in [5, 5.41) is 3.14. The number of aromatic nitrogens is 1. The number of hydrogen-bond acceptors (Lipinski definition) is 6. The van der Waals surface area contributed by atoms with Gasteiger partial charge in [0, 0.05) is 44.7 Å². The Kier molecular flexibility index (Phi) is 7.61. The second-order valence-corrected chi connectivity index (χ2v) is 7.16. The molecule has 0 radical (unpaired) electrons. The largest absolute Gasteiger partial charge is 0.372 e. The molecule has 7 heteroatoms. The zero-order valence-electron chi connectivity index (χ0n) is 15.0. The lowest BCUT2D eigenvalue weighted by molar-refractivity contribution is -0.134. The number of hydrogen-bond donors (Lipinski definition) is 1. The molecule has 0 bridgehead atoms. The van der Waals surface area contributed by atoms with Crippen molar-refractivity contribution in [1.82, 2.24) is 14.8 Å². The lowest BCUT2D eigenvalue weighted by Crippen LogP contribution is -2.52. The maximum atomic E-state index is 12.3. The van der Waals surface area contributed by atoms with Crippen LogP contribution in [0.4, 0.5) is 0 Å². The normalized spacial score (nSPS) is 18.6. The zero-order chi connectivity index (χ0) is 17.5. The molecule has 2 N–H and O–H groups in total. The van der Waals surface area contributed by atoms with E-state index in [1.54, 1.807) is 11.3 Å². The van der Waals surface area contributed by atoms with E-state index in [4.69, 9.17) is 10.5 Å². The number of amides is 1. The lowest BCUT2D eigenvalue weighted by atomic mass is 10.1. The number of carbonyl (C=O) groups excluding carboxylic acids is 1. The first-order valence-corrected chi connectivity index (χ1v) is 9.75. The molecule has 6 nitrogen and oxygen atoms in total. The molecule has 2 heterocycles. The van der Waals surface area contributed by atoms with E-state index in [1.165, 1.54) is 0 Å². The molecule has 0 saturated carbocycles. The SMILES string of the molecule is CCCC(N)C(=O)N1CCN(Cc2csc(C(C)OCC)n2)CC1. The van der Waals surface area contributed by atoms with E-state index in [9.17, 15) is 4.79 Å². The van der Waals surface area contributed by atoms with Crippen molar-refractivity contribution in [2.75, 3.05) is 32.8 Å². The molecule has 0 aliphatic carbocycles. The minimum absolute atomic E-state index is 0.0586. The Morgan fingerprint density at radius 2 is 2.08 bits per heavy atom. The Morgan fingerprint density at radius 1 is 1.38 bits per heavy atom. The molecule has 2 rings (SSSR count). The van der Waals surface area contributed by atoms with Gasteiger partial charge in [-0.25, -0.2) is 4.98 Å². The van der Waals surface area contributed by atoms with Gasteiger partial charge in [0.25, 0.3) is 0 Å². The molecule has 2 unspecified atom stereocenters. The maximum Gasteiger partial charge on any atom is 0.239 e. The Bertz CT molecular complexity index is 514. The second kappa shape index (κ2) is 9.46. The fourth-order valence-electron chi connectivity index (χ4n) is 2.93. The van der Waals surface area contributed by atoms with Crippen LogP contribution < -0.4 is 5.73 Å². The van der Waals surface area contributed by atoms with E-state index < -0.39 is 0 Å². The van der Waals surface area contributed by atoms with Gasteiger partial charge >= 0.3 is 0 Å². The van der Waals surface area contributed by atoms with E-state index in [-0.39, 0.29) is 18.1 Å². The van der Waals surface area contributed by atoms with Gasteiger partial charge < -0.3 is 15.4 Å². The molecule has 1 aliphatic heterocycles. The first-order chi connectivity index (χ1) is 11.5. The standard InChI is InChI=1S/C17H30N4O2S/c1-4-6-15(18)17(22)21-9-7-20(8-10-21)11-14-12-24-16(19-14)13(3)23-5-2/h12-13,15H,4-11,18H2,1-3H3. The summed E-state index contributed by atoms with van der Waals surface area (Å²) in [6, 6.07) is -0.345. The van der Waals surface area contributed by atoms with Crippen LogP contribution in [-0.2, 0) is 16.1 Å². The summed E-state index contributed by atoms with van der Waals surface area (Å²) in [6.07, 6.45) is 1.76. The quantitative estimate of drug-likeness (QED) is 0.773. The van der Waals surface area contributed by atoms with Crippen LogP contribution in [0, 0.1) is 0 Å². The number of piperazine rings is 1. The molecule has 136 valence electrons. The number of carbonyl (C=O) groups is 1. The Balaban J connectivity index is 1.80. The number of thiazole rings is 1. The molecule has 1 aromatic heterocycles. The predicted molar refractivity (Wildman–Crippen MR) is 96.9 cm³/mol. The van der Waals surface area contributed by atoms with Crippen molar-refractivity contribution >= 4 is 17.2 Å². The van der Waals surface area contributed by atoms with Crippen molar-refractivity contribution in [1.29, 1.82) is 0 Å². The van der Waals surface area contributed by atoms with Crippen LogP contribution in [-0.4, -0.2) is 59.5 Å². The number of nitrogens with two attached hydrogens (primary N) is 1. The zero-order valence-corrected chi connectivity index (χ0v) is 15.8. The maximum absolute atomic E-state index is 12.3. The second-order valence-electron chi connectivity index (χ2n) is 6.27. The molecule has 2 atom stereocenters. The fourth-order valence-corrected chi connectivity index (χ4v) is 3.74. The van der Waals surface area contributed by atoms with Gasteiger partial charge in [0.1, 0.15) is 11.1 Å². The van der Waals surface area contributed by atoms with Gasteiger partial charge in [0.2, 0.25) is 5.91 Å². The number of ether oxygens (including phenoxy) is 1. The molecule has 0 aromatic carbocycles. The molecule has 1 aliphatic rings. The van der Waals surface area contributed by atoms with E-state index in [1.807, 2.05) is 18.7 Å². The number of rotatable bonds is 8. The third-order valence-corrected chi connectivity index (χ3v) is 5.38. The fraction of sp³-hybridized carbons (Fsp3) is 0.765. The molecular weight excluding hydrogens is 324 g/mol. The van der Waals surface area contributed by atoms with Crippen molar-refractivity contribution in [3.63, 3.8) is 0 Å². The molecule has 1 saturated heterocycles. The molecule has 1 amide bonds. The molecule has 1 fully saturated rings. The van der Waals surface area contributed by atoms with E-state index >= 15 is 0 Å². The first-order valence-electron chi connectivity index (χ1n) is 8.87. The molecule has 1 aromatic rings. The van der Waals surface area contributed by atoms with Gasteiger partial charge in [-0.15, -0.1) is 11.3 Å². The Hall–Kier alpha value is -1.02. The van der Waals surface area contributed by atoms with Crippen molar-refractivity contribution in [3.8, 4) is 0 Å². The summed E-state index contributed by atoms with van der Waals surface area (Å²) in [4.78, 5) is 21.2. The summed E-state index contributed by atoms with van der Waals surface area (Å²) >= 11 is 1.66. The van der Waals surface area contributed by atoms with Gasteiger partial charge in [0.15, 0.2) is 0 Å². The van der Waals surface area contributed by atoms with Gasteiger partial charge in [-0.3, -0.25) is 9.69 Å². The minimum Gasteiger partial charge on any atom is -0.372 e. The summed E-state index contributed by atoms with van der Waals surface area (Å²) in [5.41, 5.74) is 7.03. The van der Waals surface area contributed by atoms with Crippen molar-refractivity contribution < 1.29 is 9.53 Å². The molecular formula is C17H30N4O2S. The molecule has 24 heavy (non-hydrogen) atoms. The van der Waals surface area contributed by atoms with E-state index in [0.717, 1.165) is 56.3 Å². The van der Waals surface area contributed by atoms with Crippen LogP contribution in [0.15, 0.2) is 5.38 Å². The van der Waals surface area contributed by atoms with Gasteiger partial charge in [-0.1, -0.05) is 13.3 Å². The van der Waals surface area contributed by atoms with Crippen molar-refractivity contribution in [2.45, 2.75) is 52.3 Å². The van der Waals surface area contributed by atoms with Crippen molar-refractivity contribution in [2.24, 2.45) is 5.73 Å². The monoisotopic (exact) mass is 354 g/mol. The highest BCUT2D eigenvalue weighted by Gasteiger charge is 2.25. The Morgan fingerprint density at radius 3 is 2.71 bits per heavy atom. The van der Waals surface area contributed by atoms with Crippen LogP contribution in [0.2, 0.25) is 0 Å². The summed E-state index contributed by atoms with van der Waals surface area (Å²) in [6.45, 7) is 10.9. The van der Waals surface area contributed by atoms with Gasteiger partial charge in [-0.05, 0) is 20.3 Å². The van der Waals surface area contributed by atoms with E-state index in [2.05, 4.69) is 22.2 Å². The minimum atomic E-state index is -0.345. The Labute approximate surface area is 149 Å². The van der Waals surface area contributed by atoms with Crippen LogP contribution in [0.5, 0.6) is 0 Å². The van der Waals surface area contributed by atoms with Crippen LogP contribution >= 0.6 is 11.3 Å². The third kappa shape index (κ3) is 5.24. The summed E-state index contributed by atoms with van der Waals surface area (Å²) in [7, 11) is 0. The topological polar surface area (TPSA) is 71.7 Å². The highest BCUT2D eigenvalue weighted by molar-refractivity contribution is 7.09.